The molecule has 4 nitrogen and oxygen atoms in total. The Morgan fingerprint density at radius 3 is 2.52 bits per heavy atom. The minimum Gasteiger partial charge on any atom is -0.867 e. The number of para-hydroxylation sites is 2. The van der Waals surface area contributed by atoms with E-state index in [-0.39, 0.29) is 16.4 Å². The van der Waals surface area contributed by atoms with E-state index < -0.39 is 5.82 Å². The number of halogens is 1. The molecular weight excluding hydrogens is 387 g/mol. The van der Waals surface area contributed by atoms with Crippen molar-refractivity contribution < 1.29 is 18.8 Å². The lowest BCUT2D eigenvalue weighted by Crippen LogP contribution is -2.40. The summed E-state index contributed by atoms with van der Waals surface area (Å²) in [4.78, 5) is 0.238. The van der Waals surface area contributed by atoms with Crippen LogP contribution in [0.5, 0.6) is 5.75 Å². The second-order valence-electron chi connectivity index (χ2n) is 6.36. The van der Waals surface area contributed by atoms with Gasteiger partial charge in [0, 0.05) is 11.6 Å². The fourth-order valence-corrected chi connectivity index (χ4v) is 3.15. The zero-order chi connectivity index (χ0) is 20.8. The summed E-state index contributed by atoms with van der Waals surface area (Å²) in [6.45, 7) is 4.33. The summed E-state index contributed by atoms with van der Waals surface area (Å²) in [5, 5.41) is 16.4. The second kappa shape index (κ2) is 9.30. The maximum Gasteiger partial charge on any atom is 0.238 e. The number of thiocarbonyl (C=S) groups is 1. The number of hydrogen-bond donors (Lipinski definition) is 1. The van der Waals surface area contributed by atoms with E-state index in [1.807, 2.05) is 56.4 Å². The van der Waals surface area contributed by atoms with Gasteiger partial charge >= 0.3 is 0 Å². The van der Waals surface area contributed by atoms with Gasteiger partial charge < -0.3 is 15.2 Å². The lowest BCUT2D eigenvalue weighted by Gasteiger charge is -2.18. The van der Waals surface area contributed by atoms with Crippen molar-refractivity contribution in [2.45, 2.75) is 13.8 Å². The fourth-order valence-electron chi connectivity index (χ4n) is 2.84. The Hall–Kier alpha value is -3.25. The third-order valence-corrected chi connectivity index (χ3v) is 4.47. The lowest BCUT2D eigenvalue weighted by molar-refractivity contribution is -0.578. The number of nitrogens with zero attached hydrogens (tertiary/aromatic N) is 1. The molecule has 0 fully saturated rings. The largest absolute Gasteiger partial charge is 0.867 e. The monoisotopic (exact) mass is 408 g/mol. The van der Waals surface area contributed by atoms with Gasteiger partial charge in [0.1, 0.15) is 11.6 Å². The molecule has 0 amide bonds. The first-order chi connectivity index (χ1) is 14.0. The molecule has 0 aliphatic carbocycles. The van der Waals surface area contributed by atoms with Crippen LogP contribution < -0.4 is 19.7 Å². The highest BCUT2D eigenvalue weighted by molar-refractivity contribution is 7.81. The number of aryl methyl sites for hydroxylation is 1. The van der Waals surface area contributed by atoms with Gasteiger partial charge in [-0.3, -0.25) is 0 Å². The van der Waals surface area contributed by atoms with Crippen LogP contribution in [0.4, 0.5) is 10.1 Å². The Balaban J connectivity index is 2.07. The lowest BCUT2D eigenvalue weighted by atomic mass is 10.1. The number of nitrogens with one attached hydrogen (secondary N) is 1. The van der Waals surface area contributed by atoms with Crippen LogP contribution in [0.15, 0.2) is 73.1 Å². The number of pyridine rings is 1. The van der Waals surface area contributed by atoms with Crippen LogP contribution in [-0.2, 0) is 0 Å². The highest BCUT2D eigenvalue weighted by Crippen LogP contribution is 2.25. The predicted octanol–water partition coefficient (Wildman–Crippen LogP) is 3.95. The maximum atomic E-state index is 13.3. The number of ether oxygens (including phenoxy) is 1. The van der Waals surface area contributed by atoms with E-state index in [1.165, 1.54) is 24.3 Å². The van der Waals surface area contributed by atoms with Crippen LogP contribution in [-0.4, -0.2) is 11.6 Å². The van der Waals surface area contributed by atoms with E-state index in [9.17, 15) is 9.50 Å². The third-order valence-electron chi connectivity index (χ3n) is 4.18. The van der Waals surface area contributed by atoms with Crippen LogP contribution >= 0.6 is 12.2 Å². The first kappa shape index (κ1) is 20.5. The average Bonchev–Trinajstić information content (AvgIpc) is 2.70. The van der Waals surface area contributed by atoms with Gasteiger partial charge in [-0.05, 0) is 55.5 Å². The number of anilines is 1. The third kappa shape index (κ3) is 4.97. The molecule has 0 atom stereocenters. The van der Waals surface area contributed by atoms with Gasteiger partial charge in [0.05, 0.1) is 12.3 Å². The molecule has 29 heavy (non-hydrogen) atoms. The zero-order valence-electron chi connectivity index (χ0n) is 16.2. The summed E-state index contributed by atoms with van der Waals surface area (Å²) < 4.78 is 20.6. The first-order valence-corrected chi connectivity index (χ1v) is 9.59. The summed E-state index contributed by atoms with van der Waals surface area (Å²) in [6, 6.07) is 16.6. The summed E-state index contributed by atoms with van der Waals surface area (Å²) in [5.41, 5.74) is 2.24. The van der Waals surface area contributed by atoms with Gasteiger partial charge in [0.25, 0.3) is 0 Å². The molecule has 0 unspecified atom stereocenters. The highest BCUT2D eigenvalue weighted by atomic mass is 32.1. The fraction of sp³-hybridized carbons (Fsp3) is 0.130. The molecule has 2 aromatic carbocycles. The number of aromatic nitrogens is 1. The molecule has 0 aliphatic heterocycles. The van der Waals surface area contributed by atoms with Gasteiger partial charge in [-0.1, -0.05) is 36.5 Å². The van der Waals surface area contributed by atoms with Gasteiger partial charge in [-0.25, -0.2) is 4.39 Å². The van der Waals surface area contributed by atoms with Gasteiger partial charge in [0.15, 0.2) is 17.4 Å². The van der Waals surface area contributed by atoms with Crippen LogP contribution in [0.25, 0.3) is 11.5 Å². The van der Waals surface area contributed by atoms with Gasteiger partial charge in [0.2, 0.25) is 5.70 Å². The molecule has 0 bridgehead atoms. The minimum atomic E-state index is -0.405. The Kier molecular flexibility index (Phi) is 6.57. The van der Waals surface area contributed by atoms with Crippen molar-refractivity contribution in [3.63, 3.8) is 0 Å². The van der Waals surface area contributed by atoms with Crippen LogP contribution in [0, 0.1) is 12.7 Å². The number of hydrogen-bond acceptors (Lipinski definition) is 3. The van der Waals surface area contributed by atoms with E-state index in [0.717, 1.165) is 5.56 Å². The van der Waals surface area contributed by atoms with Crippen molar-refractivity contribution in [2.75, 3.05) is 11.9 Å². The Bertz CT molecular complexity index is 1050. The van der Waals surface area contributed by atoms with Crippen molar-refractivity contribution in [3.8, 4) is 5.75 Å². The summed E-state index contributed by atoms with van der Waals surface area (Å²) >= 11 is 5.61. The van der Waals surface area contributed by atoms with E-state index >= 15 is 0 Å². The molecular formula is C23H21FN2O2S. The Morgan fingerprint density at radius 1 is 1.10 bits per heavy atom. The maximum absolute atomic E-state index is 13.3. The van der Waals surface area contributed by atoms with Gasteiger partial charge in [-0.15, -0.1) is 0 Å². The number of benzene rings is 2. The summed E-state index contributed by atoms with van der Waals surface area (Å²) in [5.74, 6) is -0.0789. The SMILES string of the molecule is CCOc1ccccc1NC(=S)C(=C([O-])c1ccc(F)cc1)[n+]1cccc(C)c1. The van der Waals surface area contributed by atoms with Crippen LogP contribution in [0.2, 0.25) is 0 Å². The standard InChI is InChI=1S/C23H21FN2O2S/c1-3-28-20-9-5-4-8-19(20)25-23(29)21(26-14-6-7-16(2)15-26)22(27)17-10-12-18(24)13-11-17/h4-15H,3H2,1-2H3,(H-,25,27,29). The summed E-state index contributed by atoms with van der Waals surface area (Å²) in [6.07, 6.45) is 3.57. The Labute approximate surface area is 174 Å². The van der Waals surface area contributed by atoms with E-state index in [0.29, 0.717) is 23.6 Å². The molecule has 1 aromatic heterocycles. The zero-order valence-corrected chi connectivity index (χ0v) is 17.0. The second-order valence-corrected chi connectivity index (χ2v) is 6.76. The van der Waals surface area contributed by atoms with E-state index in [1.54, 1.807) is 10.8 Å². The summed E-state index contributed by atoms with van der Waals surface area (Å²) in [7, 11) is 0. The molecule has 0 aliphatic rings. The Morgan fingerprint density at radius 2 is 1.83 bits per heavy atom. The van der Waals surface area contributed by atoms with Crippen molar-refractivity contribution >= 4 is 34.3 Å². The van der Waals surface area contributed by atoms with Crippen molar-refractivity contribution in [3.05, 3.63) is 90.0 Å². The molecule has 0 saturated heterocycles. The van der Waals surface area contributed by atoms with E-state index in [2.05, 4.69) is 5.32 Å². The van der Waals surface area contributed by atoms with Crippen LogP contribution in [0.1, 0.15) is 18.1 Å². The average molecular weight is 408 g/mol. The molecule has 0 radical (unpaired) electrons. The highest BCUT2D eigenvalue weighted by Gasteiger charge is 2.20. The smallest absolute Gasteiger partial charge is 0.238 e. The van der Waals surface area contributed by atoms with Gasteiger partial charge in [-0.2, -0.15) is 4.57 Å². The quantitative estimate of drug-likeness (QED) is 0.290. The first-order valence-electron chi connectivity index (χ1n) is 9.18. The molecule has 0 spiro atoms. The molecule has 1 heterocycles. The van der Waals surface area contributed by atoms with E-state index in [4.69, 9.17) is 17.0 Å². The van der Waals surface area contributed by atoms with Crippen molar-refractivity contribution in [1.29, 1.82) is 0 Å². The van der Waals surface area contributed by atoms with Crippen LogP contribution in [0.3, 0.4) is 0 Å². The molecule has 0 saturated carbocycles. The predicted molar refractivity (Wildman–Crippen MR) is 115 cm³/mol. The molecule has 3 rings (SSSR count). The molecule has 6 heteroatoms. The molecule has 148 valence electrons. The van der Waals surface area contributed by atoms with Crippen molar-refractivity contribution in [2.24, 2.45) is 0 Å². The molecule has 1 N–H and O–H groups in total. The number of rotatable bonds is 6. The minimum absolute atomic E-state index is 0.238. The topological polar surface area (TPSA) is 48.2 Å². The normalized spacial score (nSPS) is 11.6. The van der Waals surface area contributed by atoms with Crippen molar-refractivity contribution in [1.82, 2.24) is 0 Å². The molecule has 3 aromatic rings.